The third-order valence-electron chi connectivity index (χ3n) is 5.01. The lowest BCUT2D eigenvalue weighted by Gasteiger charge is -2.30. The molecule has 0 spiro atoms. The van der Waals surface area contributed by atoms with Gasteiger partial charge in [-0.05, 0) is 44.1 Å². The van der Waals surface area contributed by atoms with E-state index in [0.717, 1.165) is 37.7 Å². The Bertz CT molecular complexity index is 646. The summed E-state index contributed by atoms with van der Waals surface area (Å²) in [6.07, 6.45) is 6.32. The van der Waals surface area contributed by atoms with Crippen LogP contribution in [0.15, 0.2) is 42.7 Å². The fourth-order valence-electron chi connectivity index (χ4n) is 3.75. The van der Waals surface area contributed by atoms with E-state index in [4.69, 9.17) is 0 Å². The highest BCUT2D eigenvalue weighted by atomic mass is 15.2. The van der Waals surface area contributed by atoms with Crippen molar-refractivity contribution in [3.8, 4) is 0 Å². The van der Waals surface area contributed by atoms with E-state index >= 15 is 0 Å². The number of likely N-dealkylation sites (tertiary alicyclic amines) is 1. The number of pyridine rings is 2. The van der Waals surface area contributed by atoms with Crippen molar-refractivity contribution >= 4 is 5.82 Å². The van der Waals surface area contributed by atoms with Gasteiger partial charge < -0.3 is 5.32 Å². The number of hydrogen-bond acceptors (Lipinski definition) is 5. The summed E-state index contributed by atoms with van der Waals surface area (Å²) in [7, 11) is 1.94. The normalized spacial score (nSPS) is 18.0. The molecule has 5 nitrogen and oxygen atoms in total. The van der Waals surface area contributed by atoms with Gasteiger partial charge in [-0.15, -0.1) is 0 Å². The molecule has 1 fully saturated rings. The maximum Gasteiger partial charge on any atom is 0.130 e. The van der Waals surface area contributed by atoms with Crippen molar-refractivity contribution in [2.24, 2.45) is 0 Å². The molecule has 5 heteroatoms. The molecule has 0 amide bonds. The lowest BCUT2D eigenvalue weighted by Crippen LogP contribution is -2.40. The second kappa shape index (κ2) is 8.92. The zero-order valence-electron chi connectivity index (χ0n) is 15.4. The van der Waals surface area contributed by atoms with Crippen molar-refractivity contribution in [1.82, 2.24) is 19.8 Å². The lowest BCUT2D eigenvalue weighted by molar-refractivity contribution is 0.165. The van der Waals surface area contributed by atoms with Crippen molar-refractivity contribution < 1.29 is 0 Å². The first-order valence-corrected chi connectivity index (χ1v) is 9.28. The average molecular weight is 339 g/mol. The van der Waals surface area contributed by atoms with E-state index in [1.54, 1.807) is 0 Å². The summed E-state index contributed by atoms with van der Waals surface area (Å²) >= 11 is 0. The van der Waals surface area contributed by atoms with Gasteiger partial charge in [0.15, 0.2) is 0 Å². The van der Waals surface area contributed by atoms with Gasteiger partial charge in [-0.2, -0.15) is 0 Å². The molecule has 2 aromatic rings. The molecular formula is C20H29N5. The molecule has 25 heavy (non-hydrogen) atoms. The van der Waals surface area contributed by atoms with E-state index in [1.807, 2.05) is 31.6 Å². The first-order chi connectivity index (χ1) is 12.3. The predicted molar refractivity (Wildman–Crippen MR) is 102 cm³/mol. The predicted octanol–water partition coefficient (Wildman–Crippen LogP) is 3.00. The Balaban J connectivity index is 1.76. The molecule has 0 radical (unpaired) electrons. The largest absolute Gasteiger partial charge is 0.373 e. The van der Waals surface area contributed by atoms with Gasteiger partial charge in [0.25, 0.3) is 0 Å². The summed E-state index contributed by atoms with van der Waals surface area (Å²) in [6.45, 7) is 7.45. The SMILES string of the molecule is CCN1CCCC1CN(Cc1ccccn1)Cc1cccnc1NC. The quantitative estimate of drug-likeness (QED) is 0.801. The maximum atomic E-state index is 4.53. The minimum atomic E-state index is 0.642. The third-order valence-corrected chi connectivity index (χ3v) is 5.01. The minimum Gasteiger partial charge on any atom is -0.373 e. The minimum absolute atomic E-state index is 0.642. The number of aromatic nitrogens is 2. The highest BCUT2D eigenvalue weighted by molar-refractivity contribution is 5.42. The first-order valence-electron chi connectivity index (χ1n) is 9.28. The standard InChI is InChI=1S/C20H29N5/c1-3-25-13-7-10-19(25)16-24(15-18-9-4-5-11-22-18)14-17-8-6-12-23-20(17)21-2/h4-6,8-9,11-12,19H,3,7,10,13-16H2,1-2H3,(H,21,23). The van der Waals surface area contributed by atoms with Crippen LogP contribution in [0.25, 0.3) is 0 Å². The third kappa shape index (κ3) is 4.77. The Morgan fingerprint density at radius 2 is 2.04 bits per heavy atom. The summed E-state index contributed by atoms with van der Waals surface area (Å²) < 4.78 is 0. The molecule has 3 heterocycles. The molecular weight excluding hydrogens is 310 g/mol. The van der Waals surface area contributed by atoms with E-state index in [2.05, 4.69) is 50.2 Å². The van der Waals surface area contributed by atoms with E-state index in [0.29, 0.717) is 6.04 Å². The van der Waals surface area contributed by atoms with Gasteiger partial charge in [-0.3, -0.25) is 14.8 Å². The zero-order chi connectivity index (χ0) is 17.5. The molecule has 2 aromatic heterocycles. The topological polar surface area (TPSA) is 44.3 Å². The molecule has 0 bridgehead atoms. The molecule has 0 aromatic carbocycles. The Morgan fingerprint density at radius 1 is 1.16 bits per heavy atom. The Labute approximate surface area is 151 Å². The van der Waals surface area contributed by atoms with Crippen LogP contribution in [0.1, 0.15) is 31.0 Å². The number of likely N-dealkylation sites (N-methyl/N-ethyl adjacent to an activating group) is 1. The monoisotopic (exact) mass is 339 g/mol. The Morgan fingerprint density at radius 3 is 2.80 bits per heavy atom. The summed E-state index contributed by atoms with van der Waals surface area (Å²) in [5, 5.41) is 3.21. The van der Waals surface area contributed by atoms with Gasteiger partial charge >= 0.3 is 0 Å². The molecule has 1 saturated heterocycles. The van der Waals surface area contributed by atoms with Crippen LogP contribution in [0.2, 0.25) is 0 Å². The van der Waals surface area contributed by atoms with Gasteiger partial charge in [-0.1, -0.05) is 19.1 Å². The van der Waals surface area contributed by atoms with Gasteiger partial charge in [0.2, 0.25) is 0 Å². The molecule has 1 aliphatic rings. The van der Waals surface area contributed by atoms with Crippen LogP contribution in [0.4, 0.5) is 5.82 Å². The van der Waals surface area contributed by atoms with Gasteiger partial charge in [0.05, 0.1) is 5.69 Å². The zero-order valence-corrected chi connectivity index (χ0v) is 15.4. The van der Waals surface area contributed by atoms with Crippen LogP contribution in [0, 0.1) is 0 Å². The van der Waals surface area contributed by atoms with E-state index in [9.17, 15) is 0 Å². The second-order valence-electron chi connectivity index (χ2n) is 6.68. The molecule has 1 unspecified atom stereocenters. The summed E-state index contributed by atoms with van der Waals surface area (Å²) in [6, 6.07) is 11.0. The van der Waals surface area contributed by atoms with Crippen molar-refractivity contribution in [1.29, 1.82) is 0 Å². The molecule has 1 atom stereocenters. The average Bonchev–Trinajstić information content (AvgIpc) is 3.10. The summed E-state index contributed by atoms with van der Waals surface area (Å²) in [5.41, 5.74) is 2.36. The van der Waals surface area contributed by atoms with E-state index in [-0.39, 0.29) is 0 Å². The van der Waals surface area contributed by atoms with Crippen LogP contribution in [-0.4, -0.2) is 52.5 Å². The van der Waals surface area contributed by atoms with Crippen LogP contribution < -0.4 is 5.32 Å². The second-order valence-corrected chi connectivity index (χ2v) is 6.68. The number of nitrogens with one attached hydrogen (secondary N) is 1. The van der Waals surface area contributed by atoms with Gasteiger partial charge in [-0.25, -0.2) is 4.98 Å². The van der Waals surface area contributed by atoms with Crippen molar-refractivity contribution in [2.45, 2.75) is 38.9 Å². The van der Waals surface area contributed by atoms with Crippen molar-refractivity contribution in [3.63, 3.8) is 0 Å². The van der Waals surface area contributed by atoms with E-state index < -0.39 is 0 Å². The van der Waals surface area contributed by atoms with E-state index in [1.165, 1.54) is 24.9 Å². The fraction of sp³-hybridized carbons (Fsp3) is 0.500. The fourth-order valence-corrected chi connectivity index (χ4v) is 3.75. The Kier molecular flexibility index (Phi) is 6.36. The molecule has 0 saturated carbocycles. The van der Waals surface area contributed by atoms with Gasteiger partial charge in [0.1, 0.15) is 5.82 Å². The number of nitrogens with zero attached hydrogens (tertiary/aromatic N) is 4. The molecule has 3 rings (SSSR count). The molecule has 1 aliphatic heterocycles. The number of anilines is 1. The Hall–Kier alpha value is -1.98. The van der Waals surface area contributed by atoms with Crippen LogP contribution >= 0.6 is 0 Å². The van der Waals surface area contributed by atoms with Crippen LogP contribution in [0.5, 0.6) is 0 Å². The van der Waals surface area contributed by atoms with Crippen molar-refractivity contribution in [2.75, 3.05) is 32.0 Å². The van der Waals surface area contributed by atoms with Crippen LogP contribution in [0.3, 0.4) is 0 Å². The highest BCUT2D eigenvalue weighted by Gasteiger charge is 2.25. The number of rotatable bonds is 8. The van der Waals surface area contributed by atoms with Crippen LogP contribution in [-0.2, 0) is 13.1 Å². The lowest BCUT2D eigenvalue weighted by atomic mass is 10.1. The highest BCUT2D eigenvalue weighted by Crippen LogP contribution is 2.21. The van der Waals surface area contributed by atoms with Crippen molar-refractivity contribution in [3.05, 3.63) is 54.0 Å². The molecule has 134 valence electrons. The smallest absolute Gasteiger partial charge is 0.130 e. The summed E-state index contributed by atoms with van der Waals surface area (Å²) in [5.74, 6) is 0.965. The molecule has 0 aliphatic carbocycles. The summed E-state index contributed by atoms with van der Waals surface area (Å²) in [4.78, 5) is 14.1. The van der Waals surface area contributed by atoms with Gasteiger partial charge in [0, 0.05) is 50.7 Å². The first kappa shape index (κ1) is 17.8. The maximum absolute atomic E-state index is 4.53. The molecule has 1 N–H and O–H groups in total. The number of hydrogen-bond donors (Lipinski definition) is 1.